The van der Waals surface area contributed by atoms with Crippen molar-refractivity contribution in [1.29, 1.82) is 0 Å². The summed E-state index contributed by atoms with van der Waals surface area (Å²) in [6, 6.07) is 35.5. The normalized spacial score (nSPS) is 8.49. The van der Waals surface area contributed by atoms with E-state index in [0.717, 1.165) is 12.0 Å². The maximum Gasteiger partial charge on any atom is 0.335 e. The number of hydrogen-bond acceptors (Lipinski definition) is 11. The number of nitrogen functional groups attached to an aromatic ring is 1. The molecule has 0 atom stereocenters. The number of aryl methyl sites for hydroxylation is 1. The second-order valence-electron chi connectivity index (χ2n) is 13.4. The molecule has 0 aliphatic carbocycles. The van der Waals surface area contributed by atoms with Crippen molar-refractivity contribution in [2.24, 2.45) is 11.7 Å². The molecule has 10 N–H and O–H groups in total. The number of nitrogens with zero attached hydrogens (tertiary/aromatic N) is 2. The van der Waals surface area contributed by atoms with Crippen molar-refractivity contribution < 1.29 is 43.4 Å². The van der Waals surface area contributed by atoms with Crippen molar-refractivity contribution >= 4 is 35.6 Å². The van der Waals surface area contributed by atoms with E-state index in [1.807, 2.05) is 60.2 Å². The van der Waals surface area contributed by atoms with Crippen LogP contribution < -0.4 is 33.4 Å². The topological polar surface area (TPSA) is 282 Å². The number of aromatic carboxylic acids is 1. The van der Waals surface area contributed by atoms with Crippen LogP contribution in [0.2, 0.25) is 0 Å². The van der Waals surface area contributed by atoms with Crippen molar-refractivity contribution in [2.45, 2.75) is 134 Å². The molecule has 0 unspecified atom stereocenters. The number of amides is 4. The van der Waals surface area contributed by atoms with Gasteiger partial charge in [0.25, 0.3) is 11.8 Å². The van der Waals surface area contributed by atoms with Crippen LogP contribution in [0, 0.1) is 0 Å². The average molecular weight is 963 g/mol. The number of rotatable bonds is 8. The van der Waals surface area contributed by atoms with E-state index in [1.165, 1.54) is 25.7 Å². The van der Waals surface area contributed by atoms with Crippen molar-refractivity contribution in [3.63, 3.8) is 0 Å². The molecule has 0 saturated carbocycles. The van der Waals surface area contributed by atoms with Crippen LogP contribution in [0.4, 0.5) is 0 Å². The molecule has 4 aromatic carbocycles. The maximum atomic E-state index is 11.3. The highest BCUT2D eigenvalue weighted by molar-refractivity contribution is 5.95. The molecule has 1 heterocycles. The number of hydrogen-bond donors (Lipinski definition) is 8. The second-order valence-corrected chi connectivity index (χ2v) is 13.4. The van der Waals surface area contributed by atoms with E-state index in [2.05, 4.69) is 82.3 Å². The van der Waals surface area contributed by atoms with Crippen molar-refractivity contribution in [2.75, 3.05) is 0 Å². The minimum atomic E-state index is -0.879. The number of aromatic nitrogens is 2. The van der Waals surface area contributed by atoms with E-state index in [-0.39, 0.29) is 30.0 Å². The monoisotopic (exact) mass is 963 g/mol. The van der Waals surface area contributed by atoms with Crippen LogP contribution in [0.1, 0.15) is 165 Å². The Morgan fingerprint density at radius 3 is 1.07 bits per heavy atom. The molecule has 5 rings (SSSR count). The largest absolute Gasteiger partial charge is 0.481 e. The van der Waals surface area contributed by atoms with Gasteiger partial charge in [0, 0.05) is 42.4 Å². The van der Waals surface area contributed by atoms with Gasteiger partial charge in [-0.2, -0.15) is 0 Å². The lowest BCUT2D eigenvalue weighted by Crippen LogP contribution is -2.41. The number of carbonyl (C=O) groups excluding carboxylic acids is 4. The van der Waals surface area contributed by atoms with Crippen LogP contribution >= 0.6 is 0 Å². The summed E-state index contributed by atoms with van der Waals surface area (Å²) in [6.07, 6.45) is 6.80. The highest BCUT2D eigenvalue weighted by Gasteiger charge is 2.06. The Kier molecular flexibility index (Phi) is 54.7. The lowest BCUT2D eigenvalue weighted by atomic mass is 10.2. The summed E-state index contributed by atoms with van der Waals surface area (Å²) in [5.41, 5.74) is 11.0. The van der Waals surface area contributed by atoms with E-state index in [4.69, 9.17) is 20.5 Å². The number of carboxylic acid groups (broad SMARTS) is 2. The molecule has 0 saturated heterocycles. The minimum absolute atomic E-state index is 0.130. The van der Waals surface area contributed by atoms with E-state index in [1.54, 1.807) is 99.6 Å². The molecule has 0 aliphatic heterocycles. The third-order valence-corrected chi connectivity index (χ3v) is 6.43. The fraction of sp³-hybridized carbons (Fsp3) is 0.385. The molecule has 17 heteroatoms. The molecule has 0 fully saturated rings. The third-order valence-electron chi connectivity index (χ3n) is 6.43. The SMILES string of the molecule is CCC.CCC.CCC.CCC.CCC(=O)NN.CCC(=O)NNC(=O)c1ccccc1.CCC(=O)O.CCc1nnc(-c2ccccc2)o1.NNC(=O)c1ccccc1.O=C(O)c1ccccc1. The average Bonchev–Trinajstić information content (AvgIpc) is 3.88. The zero-order valence-electron chi connectivity index (χ0n) is 43.0. The quantitative estimate of drug-likeness (QED) is 0.0409. The standard InChI is InChI=1S/C10H12N2O2.C10H10N2O.C7H8N2O.C7H6O2.C3H8N2O.C3H6O2.4C3H8/c1-2-9(13)11-12-10(14)8-6-4-3-5-7-8;1-2-9-11-12-10(13-9)8-6-4-3-5-7-8;8-9-7(10)6-4-2-1-3-5-6;8-7(9)6-4-2-1-3-5-6;1-2-3(6)5-4;1-2-3(4)5;4*1-3-2/h3-7H,2H2,1H3,(H,11,13)(H,12,14);3-7H,2H2,1H3;1-5H,8H2,(H,9,10);1-5H,(H,8,9);2,4H2,1H3,(H,5,6);2H2,1H3,(H,4,5);4*3H2,1-2H3. The molecule has 4 amide bonds. The Morgan fingerprint density at radius 2 is 0.812 bits per heavy atom. The van der Waals surface area contributed by atoms with Gasteiger partial charge >= 0.3 is 11.9 Å². The van der Waals surface area contributed by atoms with Crippen LogP contribution in [0.5, 0.6) is 0 Å². The van der Waals surface area contributed by atoms with E-state index >= 15 is 0 Å². The van der Waals surface area contributed by atoms with Gasteiger partial charge in [-0.1, -0.05) is 182 Å². The molecule has 384 valence electrons. The fourth-order valence-corrected chi connectivity index (χ4v) is 3.33. The summed E-state index contributed by atoms with van der Waals surface area (Å²) >= 11 is 0. The minimum Gasteiger partial charge on any atom is -0.481 e. The summed E-state index contributed by atoms with van der Waals surface area (Å²) in [4.78, 5) is 62.5. The highest BCUT2D eigenvalue weighted by atomic mass is 16.4. The van der Waals surface area contributed by atoms with Gasteiger partial charge < -0.3 is 14.6 Å². The van der Waals surface area contributed by atoms with Crippen LogP contribution in [-0.2, 0) is 20.8 Å². The molecule has 5 aromatic rings. The fourth-order valence-electron chi connectivity index (χ4n) is 3.33. The predicted molar refractivity (Wildman–Crippen MR) is 277 cm³/mol. The summed E-state index contributed by atoms with van der Waals surface area (Å²) < 4.78 is 5.40. The lowest BCUT2D eigenvalue weighted by molar-refractivity contribution is -0.136. The van der Waals surface area contributed by atoms with Gasteiger partial charge in [0.2, 0.25) is 23.6 Å². The predicted octanol–water partition coefficient (Wildman–Crippen LogP) is 10.4. The van der Waals surface area contributed by atoms with Crippen molar-refractivity contribution in [3.8, 4) is 11.5 Å². The van der Waals surface area contributed by atoms with Gasteiger partial charge in [0.1, 0.15) is 0 Å². The molecule has 0 spiro atoms. The van der Waals surface area contributed by atoms with Gasteiger partial charge in [-0.25, -0.2) is 16.5 Å². The van der Waals surface area contributed by atoms with E-state index < -0.39 is 11.9 Å². The number of hydrazine groups is 3. The Bertz CT molecular complexity index is 1940. The molecule has 17 nitrogen and oxygen atoms in total. The third kappa shape index (κ3) is 47.1. The lowest BCUT2D eigenvalue weighted by Gasteiger charge is -2.05. The first-order chi connectivity index (χ1) is 33.0. The number of nitrogens with one attached hydrogen (secondary N) is 4. The Balaban J connectivity index is -0.000000232. The second kappa shape index (κ2) is 53.4. The van der Waals surface area contributed by atoms with Crippen LogP contribution in [0.15, 0.2) is 126 Å². The van der Waals surface area contributed by atoms with E-state index in [9.17, 15) is 28.8 Å². The van der Waals surface area contributed by atoms with Gasteiger partial charge in [0.15, 0.2) is 0 Å². The zero-order valence-corrected chi connectivity index (χ0v) is 43.0. The molecular weight excluding hydrogens is 881 g/mol. The number of carboxylic acids is 2. The number of benzene rings is 4. The molecule has 0 radical (unpaired) electrons. The van der Waals surface area contributed by atoms with Crippen molar-refractivity contribution in [3.05, 3.63) is 144 Å². The number of aliphatic carboxylic acids is 1. The van der Waals surface area contributed by atoms with Gasteiger partial charge in [-0.15, -0.1) is 10.2 Å². The smallest absolute Gasteiger partial charge is 0.335 e. The summed E-state index contributed by atoms with van der Waals surface area (Å²) in [5, 5.41) is 23.9. The molecule has 0 bridgehead atoms. The van der Waals surface area contributed by atoms with Crippen molar-refractivity contribution in [1.82, 2.24) is 31.9 Å². The van der Waals surface area contributed by atoms with E-state index in [0.29, 0.717) is 41.3 Å². The molecule has 1 aromatic heterocycles. The van der Waals surface area contributed by atoms with Gasteiger partial charge in [-0.3, -0.25) is 45.7 Å². The molecule has 69 heavy (non-hydrogen) atoms. The number of nitrogens with two attached hydrogens (primary N) is 2. The van der Waals surface area contributed by atoms with Crippen LogP contribution in [0.3, 0.4) is 0 Å². The number of carbonyl (C=O) groups is 6. The van der Waals surface area contributed by atoms with Gasteiger partial charge in [-0.05, 0) is 48.5 Å². The summed E-state index contributed by atoms with van der Waals surface area (Å²) in [5.74, 6) is 8.32. The van der Waals surface area contributed by atoms with Crippen LogP contribution in [0.25, 0.3) is 11.5 Å². The first-order valence-electron chi connectivity index (χ1n) is 23.1. The Morgan fingerprint density at radius 1 is 0.464 bits per heavy atom. The van der Waals surface area contributed by atoms with Gasteiger partial charge in [0.05, 0.1) is 5.56 Å². The Hall–Kier alpha value is -7.24. The first-order valence-corrected chi connectivity index (χ1v) is 23.1. The summed E-state index contributed by atoms with van der Waals surface area (Å²) in [6.45, 7) is 24.0. The summed E-state index contributed by atoms with van der Waals surface area (Å²) in [7, 11) is 0. The Labute approximate surface area is 411 Å². The maximum absolute atomic E-state index is 11.3. The molecule has 0 aliphatic rings. The van der Waals surface area contributed by atoms with Crippen LogP contribution in [-0.4, -0.2) is 56.0 Å². The molecular formula is C52H82N8O9. The zero-order chi connectivity index (χ0) is 53.7. The highest BCUT2D eigenvalue weighted by Crippen LogP contribution is 2.16. The first kappa shape index (κ1) is 70.8.